The molecule has 9 heteroatoms. The average molecular weight is 423 g/mol. The minimum atomic E-state index is -3.02. The summed E-state index contributed by atoms with van der Waals surface area (Å²) in [4.78, 5) is 14.5. The molecule has 1 fully saturated rings. The molecule has 0 unspecified atom stereocenters. The molecule has 1 aliphatic heterocycles. The minimum absolute atomic E-state index is 0.0472. The number of hydrogen-bond acceptors (Lipinski definition) is 6. The first kappa shape index (κ1) is 20.9. The number of thioether (sulfide) groups is 1. The average Bonchev–Trinajstić information content (AvgIpc) is 3.19. The van der Waals surface area contributed by atoms with Crippen molar-refractivity contribution in [2.45, 2.75) is 37.9 Å². The fourth-order valence-electron chi connectivity index (χ4n) is 3.46. The number of aromatic nitrogens is 3. The van der Waals surface area contributed by atoms with Crippen molar-refractivity contribution in [1.82, 2.24) is 19.7 Å². The van der Waals surface area contributed by atoms with Crippen LogP contribution < -0.4 is 0 Å². The second-order valence-corrected chi connectivity index (χ2v) is 10.3. The van der Waals surface area contributed by atoms with Crippen molar-refractivity contribution in [3.05, 3.63) is 29.8 Å². The smallest absolute Gasteiger partial charge is 0.233 e. The Hall–Kier alpha value is -1.87. The summed E-state index contributed by atoms with van der Waals surface area (Å²) < 4.78 is 25.5. The molecule has 1 atom stereocenters. The van der Waals surface area contributed by atoms with Crippen LogP contribution in [0, 0.1) is 6.92 Å². The maximum atomic E-state index is 12.8. The van der Waals surface area contributed by atoms with Gasteiger partial charge in [-0.3, -0.25) is 4.79 Å². The van der Waals surface area contributed by atoms with Crippen molar-refractivity contribution in [1.29, 1.82) is 0 Å². The van der Waals surface area contributed by atoms with Crippen molar-refractivity contribution >= 4 is 27.5 Å². The molecule has 0 spiro atoms. The topological polar surface area (TPSA) is 85.2 Å². The Kier molecular flexibility index (Phi) is 6.44. The molecule has 0 bridgehead atoms. The van der Waals surface area contributed by atoms with Gasteiger partial charge >= 0.3 is 0 Å². The summed E-state index contributed by atoms with van der Waals surface area (Å²) in [5.41, 5.74) is 2.13. The molecule has 152 valence electrons. The van der Waals surface area contributed by atoms with Gasteiger partial charge < -0.3 is 9.47 Å². The van der Waals surface area contributed by atoms with Crippen LogP contribution in [-0.2, 0) is 21.7 Å². The third kappa shape index (κ3) is 4.75. The van der Waals surface area contributed by atoms with Crippen LogP contribution in [0.25, 0.3) is 11.4 Å². The number of aryl methyl sites for hydroxylation is 1. The zero-order chi connectivity index (χ0) is 20.3. The molecule has 3 rings (SSSR count). The first-order valence-electron chi connectivity index (χ1n) is 9.40. The Bertz CT molecular complexity index is 956. The van der Waals surface area contributed by atoms with Crippen molar-refractivity contribution < 1.29 is 13.2 Å². The molecule has 0 N–H and O–H groups in total. The van der Waals surface area contributed by atoms with E-state index in [1.807, 2.05) is 49.7 Å². The molecular formula is C19H26N4O3S2. The number of hydrogen-bond donors (Lipinski definition) is 0. The molecule has 0 aliphatic carbocycles. The summed E-state index contributed by atoms with van der Waals surface area (Å²) in [6.45, 7) is 4.60. The Morgan fingerprint density at radius 3 is 2.79 bits per heavy atom. The van der Waals surface area contributed by atoms with Crippen LogP contribution in [0.1, 0.15) is 25.3 Å². The van der Waals surface area contributed by atoms with Gasteiger partial charge in [-0.25, -0.2) is 8.42 Å². The first-order chi connectivity index (χ1) is 13.3. The largest absolute Gasteiger partial charge is 0.338 e. The summed E-state index contributed by atoms with van der Waals surface area (Å²) in [5, 5.41) is 9.17. The molecule has 1 amide bonds. The lowest BCUT2D eigenvalue weighted by molar-refractivity contribution is -0.130. The van der Waals surface area contributed by atoms with Gasteiger partial charge in [-0.1, -0.05) is 42.4 Å². The lowest BCUT2D eigenvalue weighted by atomic mass is 10.1. The Labute approximate surface area is 170 Å². The lowest BCUT2D eigenvalue weighted by Crippen LogP contribution is -2.42. The number of amides is 1. The predicted octanol–water partition coefficient (Wildman–Crippen LogP) is 2.31. The van der Waals surface area contributed by atoms with Gasteiger partial charge in [-0.15, -0.1) is 10.2 Å². The molecule has 1 aromatic heterocycles. The molecule has 2 heterocycles. The van der Waals surface area contributed by atoms with Crippen LogP contribution in [0.4, 0.5) is 0 Å². The van der Waals surface area contributed by atoms with Gasteiger partial charge in [0.1, 0.15) is 0 Å². The van der Waals surface area contributed by atoms with Gasteiger partial charge in [-0.05, 0) is 25.8 Å². The molecule has 1 aromatic carbocycles. The van der Waals surface area contributed by atoms with Gasteiger partial charge in [0.2, 0.25) is 5.91 Å². The van der Waals surface area contributed by atoms with E-state index < -0.39 is 9.84 Å². The second kappa shape index (κ2) is 8.65. The summed E-state index contributed by atoms with van der Waals surface area (Å²) in [7, 11) is -1.14. The third-order valence-corrected chi connectivity index (χ3v) is 7.63. The van der Waals surface area contributed by atoms with E-state index in [2.05, 4.69) is 10.2 Å². The summed E-state index contributed by atoms with van der Waals surface area (Å²) in [6, 6.07) is 7.83. The van der Waals surface area contributed by atoms with Gasteiger partial charge in [0, 0.05) is 25.2 Å². The maximum Gasteiger partial charge on any atom is 0.233 e. The van der Waals surface area contributed by atoms with E-state index >= 15 is 0 Å². The van der Waals surface area contributed by atoms with Crippen LogP contribution in [0.3, 0.4) is 0 Å². The minimum Gasteiger partial charge on any atom is -0.338 e. The van der Waals surface area contributed by atoms with E-state index in [1.165, 1.54) is 11.8 Å². The highest BCUT2D eigenvalue weighted by molar-refractivity contribution is 7.99. The zero-order valence-electron chi connectivity index (χ0n) is 16.5. The van der Waals surface area contributed by atoms with Crippen molar-refractivity contribution in [2.24, 2.45) is 7.05 Å². The molecule has 0 saturated carbocycles. The number of nitrogens with zero attached hydrogens (tertiary/aromatic N) is 4. The van der Waals surface area contributed by atoms with Crippen LogP contribution in [0.15, 0.2) is 29.4 Å². The van der Waals surface area contributed by atoms with Gasteiger partial charge in [0.15, 0.2) is 20.8 Å². The number of rotatable bonds is 7. The van der Waals surface area contributed by atoms with Gasteiger partial charge in [0.25, 0.3) is 0 Å². The molecule has 1 saturated heterocycles. The molecule has 1 aliphatic rings. The summed E-state index contributed by atoms with van der Waals surface area (Å²) in [6.07, 6.45) is 1.33. The van der Waals surface area contributed by atoms with Crippen molar-refractivity contribution in [3.63, 3.8) is 0 Å². The third-order valence-electron chi connectivity index (χ3n) is 4.87. The Morgan fingerprint density at radius 1 is 1.36 bits per heavy atom. The fourth-order valence-corrected chi connectivity index (χ4v) is 5.99. The standard InChI is InChI=1S/C19H26N4O3S2/c1-4-9-23(16-8-10-28(25,26)13-16)17(24)12-27-19-21-20-18(22(19)3)15-7-5-6-14(2)11-15/h5-7,11,16H,4,8-10,12-13H2,1-3H3/t16-/m0/s1. The molecular weight excluding hydrogens is 396 g/mol. The van der Waals surface area contributed by atoms with E-state index in [0.717, 1.165) is 23.4 Å². The van der Waals surface area contributed by atoms with E-state index in [4.69, 9.17) is 0 Å². The maximum absolute atomic E-state index is 12.8. The number of benzene rings is 1. The van der Waals surface area contributed by atoms with Crippen LogP contribution in [0.2, 0.25) is 0 Å². The molecule has 7 nitrogen and oxygen atoms in total. The Balaban J connectivity index is 1.68. The van der Waals surface area contributed by atoms with Crippen LogP contribution in [0.5, 0.6) is 0 Å². The fraction of sp³-hybridized carbons (Fsp3) is 0.526. The van der Waals surface area contributed by atoms with Crippen molar-refractivity contribution in [3.8, 4) is 11.4 Å². The van der Waals surface area contributed by atoms with E-state index in [-0.39, 0.29) is 29.2 Å². The zero-order valence-corrected chi connectivity index (χ0v) is 18.1. The molecule has 2 aromatic rings. The van der Waals surface area contributed by atoms with E-state index in [0.29, 0.717) is 18.1 Å². The normalized spacial score (nSPS) is 18.3. The lowest BCUT2D eigenvalue weighted by Gasteiger charge is -2.27. The summed E-state index contributed by atoms with van der Waals surface area (Å²) >= 11 is 1.34. The highest BCUT2D eigenvalue weighted by atomic mass is 32.2. The molecule has 0 radical (unpaired) electrons. The quantitative estimate of drug-likeness (QED) is 0.637. The summed E-state index contributed by atoms with van der Waals surface area (Å²) in [5.74, 6) is 1.17. The monoisotopic (exact) mass is 422 g/mol. The van der Waals surface area contributed by atoms with Gasteiger partial charge in [0.05, 0.1) is 17.3 Å². The van der Waals surface area contributed by atoms with E-state index in [9.17, 15) is 13.2 Å². The van der Waals surface area contributed by atoms with Crippen LogP contribution in [-0.4, -0.2) is 63.8 Å². The number of sulfone groups is 1. The number of carbonyl (C=O) groups is 1. The van der Waals surface area contributed by atoms with Crippen LogP contribution >= 0.6 is 11.8 Å². The second-order valence-electron chi connectivity index (χ2n) is 7.17. The van der Waals surface area contributed by atoms with E-state index in [1.54, 1.807) is 4.90 Å². The predicted molar refractivity (Wildman–Crippen MR) is 111 cm³/mol. The highest BCUT2D eigenvalue weighted by Gasteiger charge is 2.34. The highest BCUT2D eigenvalue weighted by Crippen LogP contribution is 2.25. The first-order valence-corrected chi connectivity index (χ1v) is 12.2. The van der Waals surface area contributed by atoms with Crippen molar-refractivity contribution in [2.75, 3.05) is 23.8 Å². The Morgan fingerprint density at radius 2 is 2.14 bits per heavy atom. The SMILES string of the molecule is CCCN(C(=O)CSc1nnc(-c2cccc(C)c2)n1C)[C@H]1CCS(=O)(=O)C1. The molecule has 28 heavy (non-hydrogen) atoms. The number of carbonyl (C=O) groups excluding carboxylic acids is 1. The van der Waals surface area contributed by atoms with Gasteiger partial charge in [-0.2, -0.15) is 0 Å².